The summed E-state index contributed by atoms with van der Waals surface area (Å²) in [7, 11) is 0. The van der Waals surface area contributed by atoms with E-state index in [1.807, 2.05) is 6.92 Å². The van der Waals surface area contributed by atoms with E-state index in [1.165, 1.54) is 6.07 Å². The summed E-state index contributed by atoms with van der Waals surface area (Å²) in [5.74, 6) is -1.69. The van der Waals surface area contributed by atoms with Crippen molar-refractivity contribution in [2.45, 2.75) is 26.7 Å². The van der Waals surface area contributed by atoms with Crippen molar-refractivity contribution in [1.82, 2.24) is 5.32 Å². The number of aliphatic carboxylic acids is 1. The first-order valence-electron chi connectivity index (χ1n) is 6.60. The van der Waals surface area contributed by atoms with E-state index in [4.69, 9.17) is 5.11 Å². The average Bonchev–Trinajstić information content (AvgIpc) is 2.41. The number of hydrogen-bond acceptors (Lipinski definition) is 4. The molecule has 0 radical (unpaired) electrons. The number of nitrogens with one attached hydrogen (secondary N) is 1. The van der Waals surface area contributed by atoms with Gasteiger partial charge in [-0.3, -0.25) is 19.7 Å². The third kappa shape index (κ3) is 4.55. The molecule has 1 atom stereocenters. The molecule has 1 aromatic carbocycles. The van der Waals surface area contributed by atoms with Crippen LogP contribution in [0.15, 0.2) is 18.2 Å². The summed E-state index contributed by atoms with van der Waals surface area (Å²) in [6.07, 6.45) is 0.551. The van der Waals surface area contributed by atoms with Crippen molar-refractivity contribution >= 4 is 17.6 Å². The lowest BCUT2D eigenvalue weighted by Gasteiger charge is -2.13. The van der Waals surface area contributed by atoms with Crippen LogP contribution in [-0.4, -0.2) is 28.5 Å². The summed E-state index contributed by atoms with van der Waals surface area (Å²) in [6, 6.07) is 4.53. The summed E-state index contributed by atoms with van der Waals surface area (Å²) in [4.78, 5) is 33.2. The van der Waals surface area contributed by atoms with Crippen LogP contribution in [0, 0.1) is 23.0 Å². The summed E-state index contributed by atoms with van der Waals surface area (Å²) < 4.78 is 0. The fraction of sp³-hybridized carbons (Fsp3) is 0.429. The molecule has 0 aliphatic rings. The lowest BCUT2D eigenvalue weighted by atomic mass is 10.0. The molecule has 0 fully saturated rings. The molecule has 1 unspecified atom stereocenters. The number of para-hydroxylation sites is 1. The van der Waals surface area contributed by atoms with E-state index in [9.17, 15) is 19.7 Å². The molecule has 2 N–H and O–H groups in total. The monoisotopic (exact) mass is 294 g/mol. The number of carboxylic acid groups (broad SMARTS) is 1. The van der Waals surface area contributed by atoms with Gasteiger partial charge in [-0.25, -0.2) is 0 Å². The van der Waals surface area contributed by atoms with Gasteiger partial charge in [0.25, 0.3) is 11.6 Å². The van der Waals surface area contributed by atoms with Gasteiger partial charge in [0.15, 0.2) is 0 Å². The van der Waals surface area contributed by atoms with Crippen molar-refractivity contribution in [3.8, 4) is 0 Å². The number of nitrogens with zero attached hydrogens (tertiary/aromatic N) is 1. The number of hydrogen-bond donors (Lipinski definition) is 2. The highest BCUT2D eigenvalue weighted by Gasteiger charge is 2.23. The topological polar surface area (TPSA) is 110 Å². The summed E-state index contributed by atoms with van der Waals surface area (Å²) >= 11 is 0. The predicted molar refractivity (Wildman–Crippen MR) is 76.2 cm³/mol. The van der Waals surface area contributed by atoms with Crippen molar-refractivity contribution in [2.24, 2.45) is 5.92 Å². The first kappa shape index (κ1) is 16.6. The van der Waals surface area contributed by atoms with Crippen LogP contribution in [0.3, 0.4) is 0 Å². The number of nitro benzene ring substituents is 1. The standard InChI is InChI=1S/C14H18N2O5/c1-3-10(7-12(17)18)8-15-14(19)11-6-4-5-9(2)13(11)16(20)21/h4-6,10H,3,7-8H2,1-2H3,(H,15,19)(H,17,18). The molecule has 0 spiro atoms. The van der Waals surface area contributed by atoms with E-state index >= 15 is 0 Å². The highest BCUT2D eigenvalue weighted by Crippen LogP contribution is 2.23. The quantitative estimate of drug-likeness (QED) is 0.591. The van der Waals surface area contributed by atoms with E-state index in [0.717, 1.165) is 0 Å². The third-order valence-corrected chi connectivity index (χ3v) is 3.26. The lowest BCUT2D eigenvalue weighted by Crippen LogP contribution is -2.30. The molecule has 0 saturated heterocycles. The van der Waals surface area contributed by atoms with Gasteiger partial charge in [-0.15, -0.1) is 0 Å². The molecule has 1 amide bonds. The lowest BCUT2D eigenvalue weighted by molar-refractivity contribution is -0.385. The average molecular weight is 294 g/mol. The normalized spacial score (nSPS) is 11.7. The number of carboxylic acids is 1. The minimum atomic E-state index is -0.933. The Kier molecular flexibility index (Phi) is 5.83. The van der Waals surface area contributed by atoms with Crippen LogP contribution in [0.4, 0.5) is 5.69 Å². The third-order valence-electron chi connectivity index (χ3n) is 3.26. The summed E-state index contributed by atoms with van der Waals surface area (Å²) in [6.45, 7) is 3.57. The number of carbonyl (C=O) groups excluding carboxylic acids is 1. The maximum Gasteiger partial charge on any atom is 0.303 e. The van der Waals surface area contributed by atoms with Crippen LogP contribution < -0.4 is 5.32 Å². The Hall–Kier alpha value is -2.44. The second kappa shape index (κ2) is 7.37. The van der Waals surface area contributed by atoms with Crippen LogP contribution >= 0.6 is 0 Å². The van der Waals surface area contributed by atoms with Crippen molar-refractivity contribution in [3.05, 3.63) is 39.4 Å². The highest BCUT2D eigenvalue weighted by atomic mass is 16.6. The van der Waals surface area contributed by atoms with Crippen LogP contribution in [0.1, 0.15) is 35.7 Å². The molecule has 1 rings (SSSR count). The van der Waals surface area contributed by atoms with Gasteiger partial charge < -0.3 is 10.4 Å². The first-order valence-corrected chi connectivity index (χ1v) is 6.60. The molecule has 7 nitrogen and oxygen atoms in total. The Bertz CT molecular complexity index is 556. The smallest absolute Gasteiger partial charge is 0.303 e. The maximum absolute atomic E-state index is 12.1. The molecule has 7 heteroatoms. The minimum Gasteiger partial charge on any atom is -0.481 e. The zero-order valence-corrected chi connectivity index (χ0v) is 12.0. The van der Waals surface area contributed by atoms with Crippen molar-refractivity contribution < 1.29 is 19.6 Å². The largest absolute Gasteiger partial charge is 0.481 e. The second-order valence-electron chi connectivity index (χ2n) is 4.81. The van der Waals surface area contributed by atoms with Crippen LogP contribution in [0.2, 0.25) is 0 Å². The summed E-state index contributed by atoms with van der Waals surface area (Å²) in [5, 5.41) is 22.4. The Morgan fingerprint density at radius 2 is 2.10 bits per heavy atom. The fourth-order valence-electron chi connectivity index (χ4n) is 2.02. The zero-order chi connectivity index (χ0) is 16.0. The highest BCUT2D eigenvalue weighted by molar-refractivity contribution is 5.98. The molecule has 0 aromatic heterocycles. The van der Waals surface area contributed by atoms with Gasteiger partial charge in [0.2, 0.25) is 0 Å². The fourth-order valence-corrected chi connectivity index (χ4v) is 2.02. The number of amides is 1. The Balaban J connectivity index is 2.83. The Morgan fingerprint density at radius 3 is 2.62 bits per heavy atom. The van der Waals surface area contributed by atoms with Gasteiger partial charge in [0, 0.05) is 18.5 Å². The summed E-state index contributed by atoms with van der Waals surface area (Å²) in [5.41, 5.74) is 0.177. The molecule has 0 heterocycles. The van der Waals surface area contributed by atoms with Gasteiger partial charge in [0.05, 0.1) is 4.92 Å². The minimum absolute atomic E-state index is 0.00909. The number of carbonyl (C=O) groups is 2. The van der Waals surface area contributed by atoms with Gasteiger partial charge >= 0.3 is 5.97 Å². The molecular formula is C14H18N2O5. The van der Waals surface area contributed by atoms with E-state index in [1.54, 1.807) is 19.1 Å². The van der Waals surface area contributed by atoms with E-state index in [2.05, 4.69) is 5.32 Å². The van der Waals surface area contributed by atoms with Crippen molar-refractivity contribution in [2.75, 3.05) is 6.54 Å². The van der Waals surface area contributed by atoms with E-state index in [0.29, 0.717) is 12.0 Å². The molecule has 0 aliphatic carbocycles. The van der Waals surface area contributed by atoms with Crippen LogP contribution in [-0.2, 0) is 4.79 Å². The van der Waals surface area contributed by atoms with Gasteiger partial charge in [-0.05, 0) is 18.9 Å². The van der Waals surface area contributed by atoms with E-state index < -0.39 is 16.8 Å². The number of benzene rings is 1. The van der Waals surface area contributed by atoms with E-state index in [-0.39, 0.29) is 30.1 Å². The molecule has 21 heavy (non-hydrogen) atoms. The molecule has 0 bridgehead atoms. The maximum atomic E-state index is 12.1. The molecule has 114 valence electrons. The van der Waals surface area contributed by atoms with Gasteiger partial charge in [-0.2, -0.15) is 0 Å². The van der Waals surface area contributed by atoms with Gasteiger partial charge in [0.1, 0.15) is 5.56 Å². The number of rotatable bonds is 7. The SMILES string of the molecule is CCC(CNC(=O)c1cccc(C)c1[N+](=O)[O-])CC(=O)O. The second-order valence-corrected chi connectivity index (χ2v) is 4.81. The molecule has 1 aromatic rings. The van der Waals surface area contributed by atoms with Crippen molar-refractivity contribution in [1.29, 1.82) is 0 Å². The van der Waals surface area contributed by atoms with Crippen LogP contribution in [0.25, 0.3) is 0 Å². The number of nitro groups is 1. The number of aryl methyl sites for hydroxylation is 1. The predicted octanol–water partition coefficient (Wildman–Crippen LogP) is 2.13. The Morgan fingerprint density at radius 1 is 1.43 bits per heavy atom. The zero-order valence-electron chi connectivity index (χ0n) is 12.0. The molecular weight excluding hydrogens is 276 g/mol. The first-order chi connectivity index (χ1) is 9.86. The Labute approximate surface area is 122 Å². The van der Waals surface area contributed by atoms with Gasteiger partial charge in [-0.1, -0.05) is 25.5 Å². The van der Waals surface area contributed by atoms with Crippen molar-refractivity contribution in [3.63, 3.8) is 0 Å². The molecule has 0 saturated carbocycles. The van der Waals surface area contributed by atoms with Crippen LogP contribution in [0.5, 0.6) is 0 Å². The molecule has 0 aliphatic heterocycles.